The fourth-order valence-electron chi connectivity index (χ4n) is 2.42. The third-order valence-corrected chi connectivity index (χ3v) is 4.63. The molecular weight excluding hydrogens is 302 g/mol. The van der Waals surface area contributed by atoms with Crippen LogP contribution in [-0.2, 0) is 0 Å². The molecule has 114 valence electrons. The summed E-state index contributed by atoms with van der Waals surface area (Å²) in [6.45, 7) is 0. The molecule has 0 aromatic heterocycles. The van der Waals surface area contributed by atoms with Crippen molar-refractivity contribution in [1.29, 1.82) is 0 Å². The molecule has 8 heteroatoms. The number of hydrogen-bond acceptors (Lipinski definition) is 4. The normalized spacial score (nSPS) is 21.3. The van der Waals surface area contributed by atoms with Crippen LogP contribution < -0.4 is 5.32 Å². The highest BCUT2D eigenvalue weighted by atomic mass is 32.2. The summed E-state index contributed by atoms with van der Waals surface area (Å²) in [5.41, 5.74) is -1.18. The number of halogens is 2. The molecule has 0 heterocycles. The van der Waals surface area contributed by atoms with E-state index in [1.165, 1.54) is 0 Å². The Labute approximate surface area is 124 Å². The maximum atomic E-state index is 13.2. The van der Waals surface area contributed by atoms with Gasteiger partial charge in [0.15, 0.2) is 11.6 Å². The van der Waals surface area contributed by atoms with Crippen molar-refractivity contribution >= 4 is 23.4 Å². The second kappa shape index (κ2) is 6.38. The second-order valence-corrected chi connectivity index (χ2v) is 6.02. The van der Waals surface area contributed by atoms with Crippen LogP contribution in [0.15, 0.2) is 12.1 Å². The Hall–Kier alpha value is -1.70. The number of amides is 1. The molecule has 0 saturated heterocycles. The van der Waals surface area contributed by atoms with E-state index in [-0.39, 0.29) is 6.04 Å². The number of nitro benzene ring substituents is 1. The van der Waals surface area contributed by atoms with E-state index in [1.807, 2.05) is 6.26 Å². The first-order chi connectivity index (χ1) is 9.92. The van der Waals surface area contributed by atoms with Gasteiger partial charge in [0.2, 0.25) is 0 Å². The van der Waals surface area contributed by atoms with Gasteiger partial charge in [-0.3, -0.25) is 14.9 Å². The van der Waals surface area contributed by atoms with Crippen LogP contribution in [0, 0.1) is 21.7 Å². The van der Waals surface area contributed by atoms with E-state index in [2.05, 4.69) is 5.32 Å². The van der Waals surface area contributed by atoms with Crippen LogP contribution >= 0.6 is 11.8 Å². The molecule has 1 aliphatic rings. The highest BCUT2D eigenvalue weighted by molar-refractivity contribution is 7.99. The molecule has 1 saturated carbocycles. The highest BCUT2D eigenvalue weighted by Crippen LogP contribution is 2.29. The van der Waals surface area contributed by atoms with Gasteiger partial charge in [0.25, 0.3) is 11.6 Å². The van der Waals surface area contributed by atoms with Crippen molar-refractivity contribution in [2.45, 2.75) is 30.6 Å². The Bertz CT molecular complexity index is 583. The number of nitrogens with zero attached hydrogens (tertiary/aromatic N) is 1. The number of thioether (sulfide) groups is 1. The number of carbonyl (C=O) groups is 1. The minimum atomic E-state index is -1.35. The van der Waals surface area contributed by atoms with Crippen LogP contribution in [0.4, 0.5) is 14.5 Å². The van der Waals surface area contributed by atoms with Crippen molar-refractivity contribution in [2.75, 3.05) is 6.26 Å². The molecule has 0 bridgehead atoms. The quantitative estimate of drug-likeness (QED) is 0.685. The van der Waals surface area contributed by atoms with Crippen molar-refractivity contribution in [3.05, 3.63) is 39.4 Å². The van der Waals surface area contributed by atoms with E-state index in [0.717, 1.165) is 19.3 Å². The number of carbonyl (C=O) groups excluding carboxylic acids is 1. The molecule has 0 spiro atoms. The predicted molar refractivity (Wildman–Crippen MR) is 75.4 cm³/mol. The Kier molecular flexibility index (Phi) is 4.76. The highest BCUT2D eigenvalue weighted by Gasteiger charge is 2.29. The maximum Gasteiger partial charge on any atom is 0.285 e. The predicted octanol–water partition coefficient (Wildman–Crippen LogP) is 2.89. The second-order valence-electron chi connectivity index (χ2n) is 4.88. The third kappa shape index (κ3) is 3.49. The first kappa shape index (κ1) is 15.7. The van der Waals surface area contributed by atoms with Crippen LogP contribution in [0.5, 0.6) is 0 Å². The largest absolute Gasteiger partial charge is 0.349 e. The molecule has 1 amide bonds. The lowest BCUT2D eigenvalue weighted by Crippen LogP contribution is -2.33. The number of rotatable bonds is 4. The molecule has 21 heavy (non-hydrogen) atoms. The van der Waals surface area contributed by atoms with Gasteiger partial charge in [-0.05, 0) is 31.6 Å². The number of nitrogens with one attached hydrogen (secondary N) is 1. The Morgan fingerprint density at radius 2 is 2.05 bits per heavy atom. The topological polar surface area (TPSA) is 72.2 Å². The van der Waals surface area contributed by atoms with E-state index < -0.39 is 33.7 Å². The summed E-state index contributed by atoms with van der Waals surface area (Å²) in [6, 6.07) is 0.913. The molecule has 1 aliphatic carbocycles. The van der Waals surface area contributed by atoms with E-state index in [9.17, 15) is 23.7 Å². The summed E-state index contributed by atoms with van der Waals surface area (Å²) in [5.74, 6) is -3.37. The maximum absolute atomic E-state index is 13.2. The molecule has 1 aromatic carbocycles. The van der Waals surface area contributed by atoms with Crippen LogP contribution in [-0.4, -0.2) is 28.4 Å². The SMILES string of the molecule is CSC1CCC(NC(=O)c2cc(F)c(F)cc2[N+](=O)[O-])C1. The molecule has 2 atom stereocenters. The van der Waals surface area contributed by atoms with Gasteiger partial charge in [-0.1, -0.05) is 0 Å². The molecule has 0 radical (unpaired) electrons. The van der Waals surface area contributed by atoms with Gasteiger partial charge in [-0.2, -0.15) is 11.8 Å². The zero-order valence-electron chi connectivity index (χ0n) is 11.3. The van der Waals surface area contributed by atoms with E-state index in [0.29, 0.717) is 17.4 Å². The molecule has 1 aromatic rings. The van der Waals surface area contributed by atoms with Crippen LogP contribution in [0.25, 0.3) is 0 Å². The summed E-state index contributed by atoms with van der Waals surface area (Å²) >= 11 is 1.70. The van der Waals surface area contributed by atoms with Gasteiger partial charge in [0.1, 0.15) is 5.56 Å². The van der Waals surface area contributed by atoms with Gasteiger partial charge < -0.3 is 5.32 Å². The zero-order chi connectivity index (χ0) is 15.6. The monoisotopic (exact) mass is 316 g/mol. The van der Waals surface area contributed by atoms with Crippen LogP contribution in [0.1, 0.15) is 29.6 Å². The van der Waals surface area contributed by atoms with Crippen LogP contribution in [0.3, 0.4) is 0 Å². The van der Waals surface area contributed by atoms with Gasteiger partial charge in [0, 0.05) is 11.3 Å². The fraction of sp³-hybridized carbons (Fsp3) is 0.462. The van der Waals surface area contributed by atoms with Crippen molar-refractivity contribution in [2.24, 2.45) is 0 Å². The molecule has 2 unspecified atom stereocenters. The number of hydrogen-bond donors (Lipinski definition) is 1. The number of nitro groups is 1. The Morgan fingerprint density at radius 3 is 2.62 bits per heavy atom. The van der Waals surface area contributed by atoms with Crippen molar-refractivity contribution in [3.8, 4) is 0 Å². The average Bonchev–Trinajstić information content (AvgIpc) is 2.88. The zero-order valence-corrected chi connectivity index (χ0v) is 12.1. The third-order valence-electron chi connectivity index (χ3n) is 3.53. The molecule has 1 N–H and O–H groups in total. The first-order valence-electron chi connectivity index (χ1n) is 6.39. The van der Waals surface area contributed by atoms with Gasteiger partial charge in [0.05, 0.1) is 11.0 Å². The van der Waals surface area contributed by atoms with Crippen molar-refractivity contribution in [3.63, 3.8) is 0 Å². The van der Waals surface area contributed by atoms with E-state index in [4.69, 9.17) is 0 Å². The lowest BCUT2D eigenvalue weighted by Gasteiger charge is -2.13. The molecule has 1 fully saturated rings. The van der Waals surface area contributed by atoms with Gasteiger partial charge >= 0.3 is 0 Å². The van der Waals surface area contributed by atoms with E-state index >= 15 is 0 Å². The molecule has 5 nitrogen and oxygen atoms in total. The lowest BCUT2D eigenvalue weighted by atomic mass is 10.1. The molecule has 0 aliphatic heterocycles. The summed E-state index contributed by atoms with van der Waals surface area (Å²) in [7, 11) is 0. The van der Waals surface area contributed by atoms with Crippen molar-refractivity contribution in [1.82, 2.24) is 5.32 Å². The van der Waals surface area contributed by atoms with Crippen molar-refractivity contribution < 1.29 is 18.5 Å². The van der Waals surface area contributed by atoms with Gasteiger partial charge in [-0.25, -0.2) is 8.78 Å². The Morgan fingerprint density at radius 1 is 1.38 bits per heavy atom. The molecule has 2 rings (SSSR count). The average molecular weight is 316 g/mol. The first-order valence-corrected chi connectivity index (χ1v) is 7.68. The number of benzene rings is 1. The molecular formula is C13H14F2N2O3S. The summed E-state index contributed by atoms with van der Waals surface area (Å²) in [6.07, 6.45) is 4.47. The summed E-state index contributed by atoms with van der Waals surface area (Å²) in [5, 5.41) is 14.0. The lowest BCUT2D eigenvalue weighted by molar-refractivity contribution is -0.385. The Balaban J connectivity index is 2.19. The van der Waals surface area contributed by atoms with Crippen LogP contribution in [0.2, 0.25) is 0 Å². The van der Waals surface area contributed by atoms with Gasteiger partial charge in [-0.15, -0.1) is 0 Å². The summed E-state index contributed by atoms with van der Waals surface area (Å²) in [4.78, 5) is 22.0. The standard InChI is InChI=1S/C13H14F2N2O3S/c1-21-8-3-2-7(4-8)16-13(18)9-5-10(14)11(15)6-12(9)17(19)20/h5-8H,2-4H2,1H3,(H,16,18). The minimum Gasteiger partial charge on any atom is -0.349 e. The summed E-state index contributed by atoms with van der Waals surface area (Å²) < 4.78 is 26.3. The minimum absolute atomic E-state index is 0.0948. The van der Waals surface area contributed by atoms with E-state index in [1.54, 1.807) is 11.8 Å². The fourth-order valence-corrected chi connectivity index (χ4v) is 3.21. The smallest absolute Gasteiger partial charge is 0.285 e.